The summed E-state index contributed by atoms with van der Waals surface area (Å²) in [6.07, 6.45) is 12.5. The average Bonchev–Trinajstić information content (AvgIpc) is 2.86. The van der Waals surface area contributed by atoms with E-state index in [0.29, 0.717) is 5.56 Å². The fourth-order valence-corrected chi connectivity index (χ4v) is 2.74. The van der Waals surface area contributed by atoms with E-state index in [0.717, 1.165) is 47.4 Å². The number of aliphatic imine (C=N–C) groups is 1. The molecule has 0 bridgehead atoms. The van der Waals surface area contributed by atoms with Crippen LogP contribution in [0.25, 0.3) is 0 Å². The number of halogens is 1. The third-order valence-electron chi connectivity index (χ3n) is 3.98. The van der Waals surface area contributed by atoms with E-state index in [1.807, 2.05) is 24.3 Å². The molecule has 0 unspecified atom stereocenters. The Morgan fingerprint density at radius 3 is 3.00 bits per heavy atom. The van der Waals surface area contributed by atoms with Gasteiger partial charge in [0.2, 0.25) is 0 Å². The molecule has 0 amide bonds. The van der Waals surface area contributed by atoms with Gasteiger partial charge in [0.05, 0.1) is 5.69 Å². The number of allylic oxidation sites excluding steroid dienone is 6. The lowest BCUT2D eigenvalue weighted by Gasteiger charge is -2.06. The van der Waals surface area contributed by atoms with E-state index in [1.165, 1.54) is 0 Å². The Morgan fingerprint density at radius 1 is 1.32 bits per heavy atom. The number of fused-ring (bicyclic) bond motifs is 1. The van der Waals surface area contributed by atoms with Crippen LogP contribution in [0, 0.1) is 12.7 Å². The van der Waals surface area contributed by atoms with Crippen LogP contribution >= 0.6 is 0 Å². The van der Waals surface area contributed by atoms with Gasteiger partial charge in [0.25, 0.3) is 0 Å². The number of hydrogen-bond acceptors (Lipinski definition) is 1. The number of aryl methyl sites for hydroxylation is 2. The monoisotopic (exact) mass is 291 g/mol. The third kappa shape index (κ3) is 2.93. The fourth-order valence-electron chi connectivity index (χ4n) is 2.74. The lowest BCUT2D eigenvalue weighted by Crippen LogP contribution is -2.00. The van der Waals surface area contributed by atoms with E-state index in [4.69, 9.17) is 4.99 Å². The van der Waals surface area contributed by atoms with E-state index in [9.17, 15) is 4.39 Å². The van der Waals surface area contributed by atoms with Gasteiger partial charge in [0.1, 0.15) is 5.82 Å². The highest BCUT2D eigenvalue weighted by Crippen LogP contribution is 2.30. The minimum Gasteiger partial charge on any atom is -0.252 e. The van der Waals surface area contributed by atoms with Gasteiger partial charge >= 0.3 is 0 Å². The molecule has 1 aromatic carbocycles. The lowest BCUT2D eigenvalue weighted by molar-refractivity contribution is 0.618. The molecule has 22 heavy (non-hydrogen) atoms. The summed E-state index contributed by atoms with van der Waals surface area (Å²) in [5, 5.41) is 0. The summed E-state index contributed by atoms with van der Waals surface area (Å²) >= 11 is 0. The number of nitrogens with zero attached hydrogens (tertiary/aromatic N) is 1. The minimum atomic E-state index is -0.192. The molecule has 1 aromatic rings. The maximum atomic E-state index is 13.9. The van der Waals surface area contributed by atoms with Gasteiger partial charge in [-0.15, -0.1) is 5.73 Å². The van der Waals surface area contributed by atoms with Crippen LogP contribution in [0.5, 0.6) is 0 Å². The van der Waals surface area contributed by atoms with Crippen LogP contribution in [-0.4, -0.2) is 5.71 Å². The molecule has 0 atom stereocenters. The van der Waals surface area contributed by atoms with Crippen LogP contribution in [0.15, 0.2) is 71.0 Å². The largest absolute Gasteiger partial charge is 0.252 e. The molecule has 0 fully saturated rings. The number of rotatable bonds is 2. The van der Waals surface area contributed by atoms with Crippen molar-refractivity contribution in [3.8, 4) is 0 Å². The van der Waals surface area contributed by atoms with E-state index in [-0.39, 0.29) is 5.82 Å². The van der Waals surface area contributed by atoms with Crippen LogP contribution < -0.4 is 0 Å². The molecule has 110 valence electrons. The third-order valence-corrected chi connectivity index (χ3v) is 3.98. The molecule has 1 aliphatic carbocycles. The Balaban J connectivity index is 2.06. The molecule has 1 nitrogen and oxygen atoms in total. The van der Waals surface area contributed by atoms with Crippen LogP contribution in [0.1, 0.15) is 24.0 Å². The smallest absolute Gasteiger partial charge is 0.128 e. The summed E-state index contributed by atoms with van der Waals surface area (Å²) in [4.78, 5) is 4.74. The zero-order valence-corrected chi connectivity index (χ0v) is 12.7. The molecular weight excluding hydrogens is 273 g/mol. The maximum Gasteiger partial charge on any atom is 0.128 e. The van der Waals surface area contributed by atoms with Crippen LogP contribution in [0.3, 0.4) is 0 Å². The molecule has 0 aromatic heterocycles. The van der Waals surface area contributed by atoms with Crippen molar-refractivity contribution < 1.29 is 4.39 Å². The van der Waals surface area contributed by atoms with Gasteiger partial charge < -0.3 is 0 Å². The summed E-state index contributed by atoms with van der Waals surface area (Å²) in [6.45, 7) is 5.61. The molecule has 0 saturated carbocycles. The van der Waals surface area contributed by atoms with Gasteiger partial charge in [0.15, 0.2) is 0 Å². The summed E-state index contributed by atoms with van der Waals surface area (Å²) in [5.41, 5.74) is 8.70. The van der Waals surface area contributed by atoms with Crippen molar-refractivity contribution in [2.24, 2.45) is 4.99 Å². The van der Waals surface area contributed by atoms with Crippen molar-refractivity contribution in [1.29, 1.82) is 0 Å². The highest BCUT2D eigenvalue weighted by Gasteiger charge is 2.15. The predicted molar refractivity (Wildman–Crippen MR) is 90.2 cm³/mol. The van der Waals surface area contributed by atoms with Crippen molar-refractivity contribution in [3.63, 3.8) is 0 Å². The van der Waals surface area contributed by atoms with Gasteiger partial charge in [-0.05, 0) is 72.8 Å². The number of hydrogen-bond donors (Lipinski definition) is 0. The van der Waals surface area contributed by atoms with E-state index < -0.39 is 0 Å². The SMILES string of the molecule is C=CC1=CC(C2=Nc3cc(F)c(C)cc3CCC2)=CC=C=C1. The van der Waals surface area contributed by atoms with Crippen molar-refractivity contribution in [2.75, 3.05) is 0 Å². The van der Waals surface area contributed by atoms with Gasteiger partial charge in [-0.25, -0.2) is 4.39 Å². The molecule has 2 aliphatic rings. The molecule has 1 heterocycles. The first-order valence-corrected chi connectivity index (χ1v) is 7.51. The van der Waals surface area contributed by atoms with Crippen LogP contribution in [0.2, 0.25) is 0 Å². The Morgan fingerprint density at radius 2 is 2.18 bits per heavy atom. The highest BCUT2D eigenvalue weighted by atomic mass is 19.1. The minimum absolute atomic E-state index is 0.192. The zero-order valence-electron chi connectivity index (χ0n) is 12.7. The Kier molecular flexibility index (Phi) is 4.04. The van der Waals surface area contributed by atoms with Crippen LogP contribution in [-0.2, 0) is 6.42 Å². The van der Waals surface area contributed by atoms with Crippen molar-refractivity contribution in [3.05, 3.63) is 82.9 Å². The molecule has 1 aliphatic heterocycles. The van der Waals surface area contributed by atoms with Gasteiger partial charge in [0, 0.05) is 11.8 Å². The number of benzene rings is 1. The average molecular weight is 291 g/mol. The molecule has 0 radical (unpaired) electrons. The standard InChI is InChI=1S/C20H18FN/c1-3-15-7-4-5-8-17(12-15)19-10-6-9-16-11-14(2)18(21)13-20(16)22-19/h3,5,7-8,11-13H,1,6,9-10H2,2H3. The highest BCUT2D eigenvalue weighted by molar-refractivity contribution is 6.05. The van der Waals surface area contributed by atoms with Gasteiger partial charge in [-0.3, -0.25) is 4.99 Å². The normalized spacial score (nSPS) is 16.9. The van der Waals surface area contributed by atoms with Crippen molar-refractivity contribution in [1.82, 2.24) is 0 Å². The molecule has 2 heteroatoms. The van der Waals surface area contributed by atoms with Gasteiger partial charge in [-0.2, -0.15) is 0 Å². The second kappa shape index (κ2) is 6.13. The van der Waals surface area contributed by atoms with Crippen molar-refractivity contribution in [2.45, 2.75) is 26.2 Å². The van der Waals surface area contributed by atoms with Crippen molar-refractivity contribution >= 4 is 11.4 Å². The zero-order chi connectivity index (χ0) is 15.5. The second-order valence-corrected chi connectivity index (χ2v) is 5.59. The Labute approximate surface area is 130 Å². The second-order valence-electron chi connectivity index (χ2n) is 5.59. The molecule has 0 spiro atoms. The fraction of sp³-hybridized carbons (Fsp3) is 0.200. The molecular formula is C20H18FN. The molecule has 0 N–H and O–H groups in total. The summed E-state index contributed by atoms with van der Waals surface area (Å²) in [6, 6.07) is 3.48. The lowest BCUT2D eigenvalue weighted by atomic mass is 10.0. The molecule has 0 saturated heterocycles. The predicted octanol–water partition coefficient (Wildman–Crippen LogP) is 5.31. The van der Waals surface area contributed by atoms with E-state index in [1.54, 1.807) is 19.1 Å². The first-order valence-electron chi connectivity index (χ1n) is 7.51. The van der Waals surface area contributed by atoms with E-state index in [2.05, 4.69) is 18.4 Å². The molecule has 3 rings (SSSR count). The Hall–Kier alpha value is -2.44. The first-order chi connectivity index (χ1) is 10.7. The summed E-state index contributed by atoms with van der Waals surface area (Å²) < 4.78 is 13.9. The van der Waals surface area contributed by atoms with E-state index >= 15 is 0 Å². The Bertz CT molecular complexity index is 784. The quantitative estimate of drug-likeness (QED) is 0.655. The van der Waals surface area contributed by atoms with Gasteiger partial charge in [-0.1, -0.05) is 18.7 Å². The van der Waals surface area contributed by atoms with Crippen LogP contribution in [0.4, 0.5) is 10.1 Å². The maximum absolute atomic E-state index is 13.9. The summed E-state index contributed by atoms with van der Waals surface area (Å²) in [5.74, 6) is -0.192. The summed E-state index contributed by atoms with van der Waals surface area (Å²) in [7, 11) is 0. The first kappa shape index (κ1) is 14.5. The topological polar surface area (TPSA) is 12.4 Å².